The monoisotopic (exact) mass is 395 g/mol. The van der Waals surface area contributed by atoms with Crippen molar-refractivity contribution in [1.82, 2.24) is 10.3 Å². The molecule has 0 unspecified atom stereocenters. The van der Waals surface area contributed by atoms with Gasteiger partial charge in [-0.1, -0.05) is 60.2 Å². The van der Waals surface area contributed by atoms with Gasteiger partial charge < -0.3 is 10.6 Å². The Hall–Kier alpha value is -3.99. The Bertz CT molecular complexity index is 1250. The van der Waals surface area contributed by atoms with Gasteiger partial charge in [0.15, 0.2) is 0 Å². The number of rotatable bonds is 4. The van der Waals surface area contributed by atoms with Crippen molar-refractivity contribution in [2.24, 2.45) is 0 Å². The maximum absolute atomic E-state index is 13.3. The molecular weight excluding hydrogens is 374 g/mol. The van der Waals surface area contributed by atoms with Crippen molar-refractivity contribution in [3.8, 4) is 11.3 Å². The molecule has 30 heavy (non-hydrogen) atoms. The Morgan fingerprint density at radius 3 is 2.27 bits per heavy atom. The number of anilines is 1. The highest BCUT2D eigenvalue weighted by atomic mass is 16.2. The van der Waals surface area contributed by atoms with Gasteiger partial charge in [-0.15, -0.1) is 0 Å². The normalized spacial score (nSPS) is 10.6. The van der Waals surface area contributed by atoms with Crippen LogP contribution in [0.3, 0.4) is 0 Å². The number of benzene rings is 3. The Morgan fingerprint density at radius 1 is 0.800 bits per heavy atom. The molecule has 4 aromatic rings. The summed E-state index contributed by atoms with van der Waals surface area (Å²) in [6.45, 7) is 2.03. The predicted molar refractivity (Wildman–Crippen MR) is 120 cm³/mol. The second-order valence-corrected chi connectivity index (χ2v) is 7.02. The van der Waals surface area contributed by atoms with Gasteiger partial charge in [-0.2, -0.15) is 0 Å². The number of pyridine rings is 1. The third-order valence-corrected chi connectivity index (χ3v) is 4.96. The molecule has 5 nitrogen and oxygen atoms in total. The number of aromatic nitrogens is 1. The average molecular weight is 395 g/mol. The highest BCUT2D eigenvalue weighted by molar-refractivity contribution is 6.15. The molecule has 5 heteroatoms. The first-order valence-electron chi connectivity index (χ1n) is 9.66. The third-order valence-electron chi connectivity index (χ3n) is 4.96. The molecule has 0 radical (unpaired) electrons. The zero-order valence-corrected chi connectivity index (χ0v) is 16.8. The van der Waals surface area contributed by atoms with Gasteiger partial charge in [0.1, 0.15) is 0 Å². The van der Waals surface area contributed by atoms with Crippen molar-refractivity contribution in [2.45, 2.75) is 6.92 Å². The molecule has 0 bridgehead atoms. The van der Waals surface area contributed by atoms with E-state index in [-0.39, 0.29) is 11.8 Å². The molecule has 0 aliphatic rings. The second kappa shape index (κ2) is 8.17. The summed E-state index contributed by atoms with van der Waals surface area (Å²) in [5.41, 5.74) is 4.92. The van der Waals surface area contributed by atoms with Crippen LogP contribution in [0.4, 0.5) is 5.69 Å². The largest absolute Gasteiger partial charge is 0.355 e. The van der Waals surface area contributed by atoms with Crippen molar-refractivity contribution in [3.63, 3.8) is 0 Å². The fourth-order valence-electron chi connectivity index (χ4n) is 3.35. The lowest BCUT2D eigenvalue weighted by Crippen LogP contribution is -2.21. The molecular formula is C25H21N3O2. The maximum atomic E-state index is 13.3. The lowest BCUT2D eigenvalue weighted by atomic mass is 10.0. The molecule has 148 valence electrons. The molecule has 3 aromatic carbocycles. The summed E-state index contributed by atoms with van der Waals surface area (Å²) in [5, 5.41) is 6.25. The van der Waals surface area contributed by atoms with Gasteiger partial charge in [-0.3, -0.25) is 9.59 Å². The minimum atomic E-state index is -0.293. The van der Waals surface area contributed by atoms with Gasteiger partial charge in [-0.05, 0) is 31.2 Å². The summed E-state index contributed by atoms with van der Waals surface area (Å²) in [4.78, 5) is 30.2. The van der Waals surface area contributed by atoms with E-state index in [2.05, 4.69) is 10.6 Å². The van der Waals surface area contributed by atoms with Crippen LogP contribution in [-0.4, -0.2) is 23.8 Å². The number of para-hydroxylation sites is 2. The van der Waals surface area contributed by atoms with Crippen LogP contribution in [0.5, 0.6) is 0 Å². The van der Waals surface area contributed by atoms with E-state index in [1.165, 1.54) is 0 Å². The number of nitrogens with one attached hydrogen (secondary N) is 2. The fourth-order valence-corrected chi connectivity index (χ4v) is 3.35. The Morgan fingerprint density at radius 2 is 1.50 bits per heavy atom. The first-order chi connectivity index (χ1) is 14.6. The molecule has 0 saturated carbocycles. The zero-order valence-electron chi connectivity index (χ0n) is 16.8. The van der Waals surface area contributed by atoms with Crippen molar-refractivity contribution < 1.29 is 9.59 Å². The van der Waals surface area contributed by atoms with E-state index in [1.54, 1.807) is 37.4 Å². The summed E-state index contributed by atoms with van der Waals surface area (Å²) in [6, 6.07) is 24.3. The smallest absolute Gasteiger partial charge is 0.256 e. The first-order valence-corrected chi connectivity index (χ1v) is 9.66. The number of hydrogen-bond acceptors (Lipinski definition) is 3. The molecule has 1 aromatic heterocycles. The second-order valence-electron chi connectivity index (χ2n) is 7.02. The molecule has 0 saturated heterocycles. The third kappa shape index (κ3) is 3.78. The molecule has 0 aliphatic heterocycles. The Balaban J connectivity index is 1.79. The molecule has 0 spiro atoms. The fraction of sp³-hybridized carbons (Fsp3) is 0.0800. The van der Waals surface area contributed by atoms with Gasteiger partial charge in [0, 0.05) is 18.0 Å². The van der Waals surface area contributed by atoms with Gasteiger partial charge in [0.2, 0.25) is 0 Å². The van der Waals surface area contributed by atoms with E-state index in [0.29, 0.717) is 16.8 Å². The number of fused-ring (bicyclic) bond motifs is 1. The van der Waals surface area contributed by atoms with Gasteiger partial charge >= 0.3 is 0 Å². The lowest BCUT2D eigenvalue weighted by Gasteiger charge is -2.13. The highest BCUT2D eigenvalue weighted by Gasteiger charge is 2.17. The minimum Gasteiger partial charge on any atom is -0.355 e. The van der Waals surface area contributed by atoms with Crippen LogP contribution in [0.15, 0.2) is 78.9 Å². The minimum absolute atomic E-state index is 0.258. The predicted octanol–water partition coefficient (Wildman–Crippen LogP) is 4.82. The number of amides is 2. The quantitative estimate of drug-likeness (QED) is 0.520. The van der Waals surface area contributed by atoms with Crippen LogP contribution in [0, 0.1) is 6.92 Å². The highest BCUT2D eigenvalue weighted by Crippen LogP contribution is 2.26. The molecule has 0 fully saturated rings. The number of carbonyl (C=O) groups excluding carboxylic acids is 2. The van der Waals surface area contributed by atoms with Crippen LogP contribution < -0.4 is 10.6 Å². The van der Waals surface area contributed by atoms with Crippen molar-refractivity contribution in [3.05, 3.63) is 95.6 Å². The van der Waals surface area contributed by atoms with E-state index >= 15 is 0 Å². The van der Waals surface area contributed by atoms with E-state index < -0.39 is 0 Å². The first kappa shape index (κ1) is 19.3. The van der Waals surface area contributed by atoms with Crippen LogP contribution in [0.25, 0.3) is 22.2 Å². The zero-order chi connectivity index (χ0) is 21.1. The van der Waals surface area contributed by atoms with Crippen LogP contribution >= 0.6 is 0 Å². The van der Waals surface area contributed by atoms with Crippen LogP contribution in [0.1, 0.15) is 26.3 Å². The molecule has 1 heterocycles. The summed E-state index contributed by atoms with van der Waals surface area (Å²) < 4.78 is 0. The SMILES string of the molecule is CNC(=O)c1ccccc1NC(=O)c1cc(-c2ccc(C)cc2)nc2ccccc12. The van der Waals surface area contributed by atoms with Gasteiger partial charge in [0.05, 0.1) is 28.0 Å². The summed E-state index contributed by atoms with van der Waals surface area (Å²) in [7, 11) is 1.56. The van der Waals surface area contributed by atoms with Crippen molar-refractivity contribution in [1.29, 1.82) is 0 Å². The van der Waals surface area contributed by atoms with Gasteiger partial charge in [0.25, 0.3) is 11.8 Å². The Labute approximate surface area is 174 Å². The Kier molecular flexibility index (Phi) is 5.26. The van der Waals surface area contributed by atoms with E-state index in [1.807, 2.05) is 55.5 Å². The lowest BCUT2D eigenvalue weighted by molar-refractivity contribution is 0.0964. The molecule has 0 aliphatic carbocycles. The maximum Gasteiger partial charge on any atom is 0.256 e. The van der Waals surface area contributed by atoms with E-state index in [0.717, 1.165) is 27.7 Å². The number of aryl methyl sites for hydroxylation is 1. The summed E-state index contributed by atoms with van der Waals surface area (Å²) >= 11 is 0. The summed E-state index contributed by atoms with van der Waals surface area (Å²) in [5.74, 6) is -0.552. The molecule has 0 atom stereocenters. The van der Waals surface area contributed by atoms with Crippen molar-refractivity contribution in [2.75, 3.05) is 12.4 Å². The van der Waals surface area contributed by atoms with E-state index in [9.17, 15) is 9.59 Å². The van der Waals surface area contributed by atoms with Crippen LogP contribution in [0.2, 0.25) is 0 Å². The number of nitrogens with zero attached hydrogens (tertiary/aromatic N) is 1. The topological polar surface area (TPSA) is 71.1 Å². The average Bonchev–Trinajstić information content (AvgIpc) is 2.78. The summed E-state index contributed by atoms with van der Waals surface area (Å²) in [6.07, 6.45) is 0. The number of hydrogen-bond donors (Lipinski definition) is 2. The molecule has 2 N–H and O–H groups in total. The van der Waals surface area contributed by atoms with Gasteiger partial charge in [-0.25, -0.2) is 4.98 Å². The van der Waals surface area contributed by atoms with E-state index in [4.69, 9.17) is 4.98 Å². The molecule has 4 rings (SSSR count). The van der Waals surface area contributed by atoms with Crippen LogP contribution in [-0.2, 0) is 0 Å². The van der Waals surface area contributed by atoms with Crippen molar-refractivity contribution >= 4 is 28.4 Å². The standard InChI is InChI=1S/C25H21N3O2/c1-16-11-13-17(14-12-16)23-15-20(18-7-3-5-9-21(18)27-23)25(30)28-22-10-6-4-8-19(22)24(29)26-2/h3-15H,1-2H3,(H,26,29)(H,28,30). The number of carbonyl (C=O) groups is 2. The molecule has 2 amide bonds.